The van der Waals surface area contributed by atoms with Crippen LogP contribution in [0.2, 0.25) is 5.02 Å². The number of amides is 2. The minimum absolute atomic E-state index is 0.0630. The fourth-order valence-electron chi connectivity index (χ4n) is 3.24. The van der Waals surface area contributed by atoms with Gasteiger partial charge in [-0.3, -0.25) is 9.59 Å². The van der Waals surface area contributed by atoms with Crippen LogP contribution in [0.25, 0.3) is 0 Å². The lowest BCUT2D eigenvalue weighted by atomic mass is 9.95. The maximum absolute atomic E-state index is 12.4. The van der Waals surface area contributed by atoms with Crippen LogP contribution in [0.15, 0.2) is 48.5 Å². The summed E-state index contributed by atoms with van der Waals surface area (Å²) in [7, 11) is 0. The summed E-state index contributed by atoms with van der Waals surface area (Å²) >= 11 is 5.84. The Morgan fingerprint density at radius 2 is 1.64 bits per heavy atom. The van der Waals surface area contributed by atoms with Crippen molar-refractivity contribution < 1.29 is 14.3 Å². The van der Waals surface area contributed by atoms with E-state index in [4.69, 9.17) is 16.3 Å². The highest BCUT2D eigenvalue weighted by Crippen LogP contribution is 2.19. The van der Waals surface area contributed by atoms with Gasteiger partial charge in [0, 0.05) is 22.3 Å². The number of rotatable bonds is 6. The van der Waals surface area contributed by atoms with Crippen LogP contribution in [-0.2, 0) is 4.79 Å². The number of nitrogens with one attached hydrogen (secondary N) is 2. The molecule has 6 heteroatoms. The Kier molecular flexibility index (Phi) is 6.93. The van der Waals surface area contributed by atoms with Gasteiger partial charge in [-0.15, -0.1) is 0 Å². The minimum Gasteiger partial charge on any atom is -0.481 e. The SMILES string of the molecule is CC(Oc1ccc(C(=O)NC2CCCCC2)cc1)C(=O)Nc1ccc(Cl)cc1. The van der Waals surface area contributed by atoms with E-state index in [1.165, 1.54) is 19.3 Å². The summed E-state index contributed by atoms with van der Waals surface area (Å²) in [5, 5.41) is 6.48. The van der Waals surface area contributed by atoms with Crippen LogP contribution < -0.4 is 15.4 Å². The lowest BCUT2D eigenvalue weighted by Crippen LogP contribution is -2.36. The van der Waals surface area contributed by atoms with Crippen LogP contribution in [0.3, 0.4) is 0 Å². The molecule has 0 spiro atoms. The number of halogens is 1. The summed E-state index contributed by atoms with van der Waals surface area (Å²) in [5.41, 5.74) is 1.25. The van der Waals surface area contributed by atoms with Gasteiger partial charge in [-0.05, 0) is 68.3 Å². The first kappa shape index (κ1) is 20.2. The molecule has 2 N–H and O–H groups in total. The molecule has 1 saturated carbocycles. The molecule has 0 aliphatic heterocycles. The fourth-order valence-corrected chi connectivity index (χ4v) is 3.36. The molecule has 0 heterocycles. The number of hydrogen-bond donors (Lipinski definition) is 2. The summed E-state index contributed by atoms with van der Waals surface area (Å²) in [5.74, 6) is 0.210. The quantitative estimate of drug-likeness (QED) is 0.731. The predicted octanol–water partition coefficient (Wildman–Crippen LogP) is 4.81. The van der Waals surface area contributed by atoms with Gasteiger partial charge in [0.15, 0.2) is 6.10 Å². The van der Waals surface area contributed by atoms with Gasteiger partial charge in [0.05, 0.1) is 0 Å². The van der Waals surface area contributed by atoms with E-state index in [1.54, 1.807) is 55.5 Å². The summed E-state index contributed by atoms with van der Waals surface area (Å²) in [6.07, 6.45) is 5.02. The molecule has 1 aliphatic rings. The Bertz CT molecular complexity index is 800. The molecule has 0 aromatic heterocycles. The number of carbonyl (C=O) groups excluding carboxylic acids is 2. The Balaban J connectivity index is 1.51. The van der Waals surface area contributed by atoms with Crippen LogP contribution >= 0.6 is 11.6 Å². The zero-order chi connectivity index (χ0) is 19.9. The van der Waals surface area contributed by atoms with Crippen LogP contribution in [0.1, 0.15) is 49.4 Å². The second-order valence-corrected chi connectivity index (χ2v) is 7.53. The molecule has 2 aromatic rings. The maximum atomic E-state index is 12.4. The van der Waals surface area contributed by atoms with Gasteiger partial charge in [-0.2, -0.15) is 0 Å². The van der Waals surface area contributed by atoms with Crippen molar-refractivity contribution in [1.29, 1.82) is 0 Å². The van der Waals surface area contributed by atoms with E-state index in [1.807, 2.05) is 0 Å². The molecule has 1 fully saturated rings. The molecule has 2 amide bonds. The monoisotopic (exact) mass is 400 g/mol. The molecule has 1 atom stereocenters. The average molecular weight is 401 g/mol. The normalized spacial score (nSPS) is 15.5. The summed E-state index contributed by atoms with van der Waals surface area (Å²) in [4.78, 5) is 24.6. The minimum atomic E-state index is -0.683. The van der Waals surface area contributed by atoms with Crippen molar-refractivity contribution in [2.75, 3.05) is 5.32 Å². The number of ether oxygens (including phenoxy) is 1. The van der Waals surface area contributed by atoms with Crippen molar-refractivity contribution in [1.82, 2.24) is 5.32 Å². The highest BCUT2D eigenvalue weighted by atomic mass is 35.5. The smallest absolute Gasteiger partial charge is 0.265 e. The van der Waals surface area contributed by atoms with E-state index in [0.29, 0.717) is 22.0 Å². The fraction of sp³-hybridized carbons (Fsp3) is 0.364. The van der Waals surface area contributed by atoms with Gasteiger partial charge in [0.1, 0.15) is 5.75 Å². The van der Waals surface area contributed by atoms with Crippen molar-refractivity contribution in [2.45, 2.75) is 51.2 Å². The highest BCUT2D eigenvalue weighted by Gasteiger charge is 2.18. The third-order valence-corrected chi connectivity index (χ3v) is 5.10. The highest BCUT2D eigenvalue weighted by molar-refractivity contribution is 6.30. The van der Waals surface area contributed by atoms with Gasteiger partial charge in [0.25, 0.3) is 11.8 Å². The number of carbonyl (C=O) groups is 2. The Labute approximate surface area is 170 Å². The Hall–Kier alpha value is -2.53. The molecule has 148 valence electrons. The Morgan fingerprint density at radius 1 is 1.00 bits per heavy atom. The van der Waals surface area contributed by atoms with Gasteiger partial charge < -0.3 is 15.4 Å². The lowest BCUT2D eigenvalue weighted by molar-refractivity contribution is -0.122. The van der Waals surface area contributed by atoms with E-state index < -0.39 is 6.10 Å². The third kappa shape index (κ3) is 5.73. The van der Waals surface area contributed by atoms with Crippen molar-refractivity contribution in [3.05, 3.63) is 59.1 Å². The molecule has 1 aliphatic carbocycles. The second-order valence-electron chi connectivity index (χ2n) is 7.09. The molecular weight excluding hydrogens is 376 g/mol. The number of benzene rings is 2. The zero-order valence-corrected chi connectivity index (χ0v) is 16.7. The van der Waals surface area contributed by atoms with Gasteiger partial charge in [0.2, 0.25) is 0 Å². The first-order valence-corrected chi connectivity index (χ1v) is 10.0. The molecule has 28 heavy (non-hydrogen) atoms. The predicted molar refractivity (Wildman–Crippen MR) is 111 cm³/mol. The molecule has 5 nitrogen and oxygen atoms in total. The number of anilines is 1. The van der Waals surface area contributed by atoms with E-state index in [-0.39, 0.29) is 17.9 Å². The Morgan fingerprint density at radius 3 is 2.29 bits per heavy atom. The van der Waals surface area contributed by atoms with E-state index in [0.717, 1.165) is 12.8 Å². The van der Waals surface area contributed by atoms with E-state index in [2.05, 4.69) is 10.6 Å². The summed E-state index contributed by atoms with van der Waals surface area (Å²) in [6.45, 7) is 1.68. The number of hydrogen-bond acceptors (Lipinski definition) is 3. The van der Waals surface area contributed by atoms with Gasteiger partial charge >= 0.3 is 0 Å². The largest absolute Gasteiger partial charge is 0.481 e. The van der Waals surface area contributed by atoms with E-state index in [9.17, 15) is 9.59 Å². The summed E-state index contributed by atoms with van der Waals surface area (Å²) in [6, 6.07) is 14.0. The van der Waals surface area contributed by atoms with Crippen molar-refractivity contribution in [3.63, 3.8) is 0 Å². The van der Waals surface area contributed by atoms with Crippen LogP contribution in [0.5, 0.6) is 5.75 Å². The topological polar surface area (TPSA) is 67.4 Å². The maximum Gasteiger partial charge on any atom is 0.265 e. The lowest BCUT2D eigenvalue weighted by Gasteiger charge is -2.22. The molecule has 0 saturated heterocycles. The molecule has 0 bridgehead atoms. The van der Waals surface area contributed by atoms with Crippen LogP contribution in [-0.4, -0.2) is 24.0 Å². The van der Waals surface area contributed by atoms with Crippen molar-refractivity contribution >= 4 is 29.1 Å². The molecule has 1 unspecified atom stereocenters. The average Bonchev–Trinajstić information content (AvgIpc) is 2.71. The summed E-state index contributed by atoms with van der Waals surface area (Å²) < 4.78 is 5.69. The first-order chi connectivity index (χ1) is 13.5. The van der Waals surface area contributed by atoms with Crippen LogP contribution in [0.4, 0.5) is 5.69 Å². The van der Waals surface area contributed by atoms with Crippen LogP contribution in [0, 0.1) is 0 Å². The van der Waals surface area contributed by atoms with Crippen molar-refractivity contribution in [2.24, 2.45) is 0 Å². The van der Waals surface area contributed by atoms with Gasteiger partial charge in [-0.1, -0.05) is 30.9 Å². The third-order valence-electron chi connectivity index (χ3n) is 4.85. The standard InChI is InChI=1S/C22H25ClN2O3/c1-15(21(26)24-19-11-9-17(23)10-12-19)28-20-13-7-16(8-14-20)22(27)25-18-5-3-2-4-6-18/h7-15,18H,2-6H2,1H3,(H,24,26)(H,25,27). The molecule has 3 rings (SSSR count). The molecular formula is C22H25ClN2O3. The molecule has 0 radical (unpaired) electrons. The zero-order valence-electron chi connectivity index (χ0n) is 15.9. The van der Waals surface area contributed by atoms with Gasteiger partial charge in [-0.25, -0.2) is 0 Å². The van der Waals surface area contributed by atoms with Crippen molar-refractivity contribution in [3.8, 4) is 5.75 Å². The van der Waals surface area contributed by atoms with E-state index >= 15 is 0 Å². The second kappa shape index (κ2) is 9.60. The molecule has 2 aromatic carbocycles. The first-order valence-electron chi connectivity index (χ1n) is 9.65.